The fourth-order valence-corrected chi connectivity index (χ4v) is 1.99. The molecule has 1 heterocycles. The summed E-state index contributed by atoms with van der Waals surface area (Å²) >= 11 is 5.58. The third-order valence-corrected chi connectivity index (χ3v) is 2.72. The highest BCUT2D eigenvalue weighted by Gasteiger charge is 2.27. The van der Waals surface area contributed by atoms with Crippen molar-refractivity contribution in [2.24, 2.45) is 0 Å². The molecule has 1 aromatic rings. The van der Waals surface area contributed by atoms with Crippen LogP contribution in [0.3, 0.4) is 0 Å². The van der Waals surface area contributed by atoms with Crippen LogP contribution in [0.1, 0.15) is 30.9 Å². The van der Waals surface area contributed by atoms with Crippen LogP contribution < -0.4 is 0 Å². The second-order valence-electron chi connectivity index (χ2n) is 3.54. The maximum Gasteiger partial charge on any atom is 0.222 e. The monoisotopic (exact) mass is 216 g/mol. The predicted octanol–water partition coefficient (Wildman–Crippen LogP) is 1.90. The van der Waals surface area contributed by atoms with Gasteiger partial charge in [-0.3, -0.25) is 0 Å². The lowest BCUT2D eigenvalue weighted by molar-refractivity contribution is 0.181. The molecule has 2 atom stereocenters. The molecule has 0 aromatic carbocycles. The summed E-state index contributed by atoms with van der Waals surface area (Å²) in [5.74, 6) is -0.459. The van der Waals surface area contributed by atoms with E-state index in [0.29, 0.717) is 18.5 Å². The van der Waals surface area contributed by atoms with Gasteiger partial charge in [-0.05, 0) is 30.9 Å². The Bertz CT molecular complexity index is 348. The molecule has 0 amide bonds. The molecular weight excluding hydrogens is 207 g/mol. The number of aromatic nitrogens is 2. The number of rotatable bonds is 1. The quantitative estimate of drug-likeness (QED) is 0.730. The lowest BCUT2D eigenvalue weighted by Gasteiger charge is -2.08. The topological polar surface area (TPSA) is 46.0 Å². The highest BCUT2D eigenvalue weighted by Crippen LogP contribution is 2.34. The largest absolute Gasteiger partial charge is 0.393 e. The summed E-state index contributed by atoms with van der Waals surface area (Å²) in [6.07, 6.45) is 2.75. The van der Waals surface area contributed by atoms with Crippen LogP contribution >= 0.6 is 11.6 Å². The maximum absolute atomic E-state index is 13.3. The fraction of sp³-hybridized carbons (Fsp3) is 0.556. The summed E-state index contributed by atoms with van der Waals surface area (Å²) in [6, 6.07) is 0. The Morgan fingerprint density at radius 3 is 2.93 bits per heavy atom. The van der Waals surface area contributed by atoms with Gasteiger partial charge < -0.3 is 5.11 Å². The summed E-state index contributed by atoms with van der Waals surface area (Å²) in [5.41, 5.74) is 0.335. The first-order valence-corrected chi connectivity index (χ1v) is 4.90. The molecule has 1 fully saturated rings. The SMILES string of the molecule is O[C@@H]1CC[C@H](c2nc(Cl)ncc2F)C1. The van der Waals surface area contributed by atoms with Crippen LogP contribution in [-0.4, -0.2) is 21.2 Å². The number of nitrogens with zero attached hydrogens (tertiary/aromatic N) is 2. The number of halogens is 2. The van der Waals surface area contributed by atoms with Crippen LogP contribution in [0, 0.1) is 5.82 Å². The van der Waals surface area contributed by atoms with Crippen LogP contribution in [0.25, 0.3) is 0 Å². The van der Waals surface area contributed by atoms with Crippen LogP contribution in [0.5, 0.6) is 0 Å². The minimum Gasteiger partial charge on any atom is -0.393 e. The minimum absolute atomic E-state index is 0.0227. The molecular formula is C9H10ClFN2O. The van der Waals surface area contributed by atoms with Gasteiger partial charge in [0.15, 0.2) is 5.82 Å². The van der Waals surface area contributed by atoms with E-state index in [-0.39, 0.29) is 17.3 Å². The molecule has 0 radical (unpaired) electrons. The Hall–Kier alpha value is -0.740. The number of aliphatic hydroxyl groups is 1. The fourth-order valence-electron chi connectivity index (χ4n) is 1.85. The van der Waals surface area contributed by atoms with Crippen LogP contribution in [-0.2, 0) is 0 Å². The molecule has 0 saturated heterocycles. The lowest BCUT2D eigenvalue weighted by Crippen LogP contribution is -2.04. The molecule has 76 valence electrons. The van der Waals surface area contributed by atoms with Crippen molar-refractivity contribution in [3.63, 3.8) is 0 Å². The summed E-state index contributed by atoms with van der Waals surface area (Å²) < 4.78 is 13.3. The van der Waals surface area contributed by atoms with Gasteiger partial charge in [-0.25, -0.2) is 14.4 Å². The van der Waals surface area contributed by atoms with Gasteiger partial charge in [-0.1, -0.05) is 0 Å². The number of aliphatic hydroxyl groups excluding tert-OH is 1. The molecule has 0 bridgehead atoms. The van der Waals surface area contributed by atoms with E-state index in [2.05, 4.69) is 9.97 Å². The van der Waals surface area contributed by atoms with Crippen molar-refractivity contribution in [3.05, 3.63) is 23.0 Å². The Kier molecular flexibility index (Phi) is 2.65. The zero-order valence-corrected chi connectivity index (χ0v) is 8.21. The second-order valence-corrected chi connectivity index (χ2v) is 3.87. The van der Waals surface area contributed by atoms with E-state index in [1.165, 1.54) is 0 Å². The Labute approximate surface area is 86.0 Å². The molecule has 1 N–H and O–H groups in total. The summed E-state index contributed by atoms with van der Waals surface area (Å²) in [7, 11) is 0. The van der Waals surface area contributed by atoms with E-state index in [4.69, 9.17) is 11.6 Å². The van der Waals surface area contributed by atoms with Crippen molar-refractivity contribution >= 4 is 11.6 Å². The van der Waals surface area contributed by atoms with E-state index in [1.54, 1.807) is 0 Å². The smallest absolute Gasteiger partial charge is 0.222 e. The van der Waals surface area contributed by atoms with Crippen molar-refractivity contribution in [2.45, 2.75) is 31.3 Å². The molecule has 1 saturated carbocycles. The van der Waals surface area contributed by atoms with Gasteiger partial charge in [-0.2, -0.15) is 0 Å². The summed E-state index contributed by atoms with van der Waals surface area (Å²) in [4.78, 5) is 7.40. The van der Waals surface area contributed by atoms with Crippen molar-refractivity contribution in [1.29, 1.82) is 0 Å². The van der Waals surface area contributed by atoms with Gasteiger partial charge in [0.2, 0.25) is 5.28 Å². The van der Waals surface area contributed by atoms with Crippen molar-refractivity contribution in [3.8, 4) is 0 Å². The molecule has 2 rings (SSSR count). The molecule has 1 aliphatic rings. The molecule has 5 heteroatoms. The second kappa shape index (κ2) is 3.79. The number of hydrogen-bond acceptors (Lipinski definition) is 3. The van der Waals surface area contributed by atoms with E-state index in [9.17, 15) is 9.50 Å². The lowest BCUT2D eigenvalue weighted by atomic mass is 10.0. The van der Waals surface area contributed by atoms with Gasteiger partial charge in [-0.15, -0.1) is 0 Å². The molecule has 1 aromatic heterocycles. The van der Waals surface area contributed by atoms with Gasteiger partial charge in [0, 0.05) is 5.92 Å². The third-order valence-electron chi connectivity index (χ3n) is 2.53. The predicted molar refractivity (Wildman–Crippen MR) is 49.6 cm³/mol. The molecule has 3 nitrogen and oxygen atoms in total. The van der Waals surface area contributed by atoms with E-state index in [0.717, 1.165) is 12.6 Å². The normalized spacial score (nSPS) is 26.8. The van der Waals surface area contributed by atoms with E-state index in [1.807, 2.05) is 0 Å². The van der Waals surface area contributed by atoms with Gasteiger partial charge in [0.05, 0.1) is 18.0 Å². The molecule has 14 heavy (non-hydrogen) atoms. The standard InChI is InChI=1S/C9H10ClFN2O/c10-9-12-4-7(11)8(13-9)5-1-2-6(14)3-5/h4-6,14H,1-3H2/t5-,6+/m0/s1. The van der Waals surface area contributed by atoms with Crippen LogP contribution in [0.4, 0.5) is 4.39 Å². The van der Waals surface area contributed by atoms with Crippen LogP contribution in [0.2, 0.25) is 5.28 Å². The summed E-state index contributed by atoms with van der Waals surface area (Å²) in [5, 5.41) is 9.38. The van der Waals surface area contributed by atoms with Gasteiger partial charge in [0.25, 0.3) is 0 Å². The Morgan fingerprint density at radius 1 is 1.50 bits per heavy atom. The average Bonchev–Trinajstić information content (AvgIpc) is 2.56. The van der Waals surface area contributed by atoms with Crippen molar-refractivity contribution in [1.82, 2.24) is 9.97 Å². The van der Waals surface area contributed by atoms with Gasteiger partial charge >= 0.3 is 0 Å². The zero-order valence-electron chi connectivity index (χ0n) is 7.45. The van der Waals surface area contributed by atoms with E-state index >= 15 is 0 Å². The highest BCUT2D eigenvalue weighted by molar-refractivity contribution is 6.28. The first-order valence-electron chi connectivity index (χ1n) is 4.53. The molecule has 0 spiro atoms. The zero-order chi connectivity index (χ0) is 10.1. The van der Waals surface area contributed by atoms with Gasteiger partial charge in [0.1, 0.15) is 0 Å². The number of hydrogen-bond donors (Lipinski definition) is 1. The maximum atomic E-state index is 13.3. The average molecular weight is 217 g/mol. The van der Waals surface area contributed by atoms with Crippen LogP contribution in [0.15, 0.2) is 6.20 Å². The minimum atomic E-state index is -0.437. The van der Waals surface area contributed by atoms with Crippen molar-refractivity contribution < 1.29 is 9.50 Å². The molecule has 0 unspecified atom stereocenters. The van der Waals surface area contributed by atoms with Crippen molar-refractivity contribution in [2.75, 3.05) is 0 Å². The third kappa shape index (κ3) is 1.86. The first kappa shape index (κ1) is 9.80. The molecule has 1 aliphatic carbocycles. The molecule has 0 aliphatic heterocycles. The Balaban J connectivity index is 2.27. The Morgan fingerprint density at radius 2 is 2.29 bits per heavy atom. The summed E-state index contributed by atoms with van der Waals surface area (Å²) in [6.45, 7) is 0. The first-order chi connectivity index (χ1) is 6.66. The highest BCUT2D eigenvalue weighted by atomic mass is 35.5. The van der Waals surface area contributed by atoms with E-state index < -0.39 is 5.82 Å².